The second-order valence-electron chi connectivity index (χ2n) is 7.41. The van der Waals surface area contributed by atoms with E-state index in [1.807, 2.05) is 0 Å². The molecule has 0 aromatic rings. The van der Waals surface area contributed by atoms with Crippen LogP contribution in [0.15, 0.2) is 0 Å². The maximum Gasteiger partial charge on any atom is 0.405 e. The number of hydrogen-bond acceptors (Lipinski definition) is 3. The largest absolute Gasteiger partial charge is 0.465 e. The van der Waals surface area contributed by atoms with Gasteiger partial charge in [0.05, 0.1) is 0 Å². The van der Waals surface area contributed by atoms with Crippen LogP contribution < -0.4 is 10.6 Å². The molecule has 1 fully saturated rings. The van der Waals surface area contributed by atoms with Gasteiger partial charge in [-0.05, 0) is 59.4 Å². The van der Waals surface area contributed by atoms with E-state index in [2.05, 4.69) is 43.4 Å². The molecule has 0 saturated heterocycles. The minimum atomic E-state index is -1.16. The van der Waals surface area contributed by atoms with Crippen LogP contribution in [0.4, 0.5) is 4.79 Å². The van der Waals surface area contributed by atoms with E-state index in [4.69, 9.17) is 5.11 Å². The average molecular weight is 341 g/mol. The molecule has 1 aliphatic rings. The highest BCUT2D eigenvalue weighted by Gasteiger charge is 2.34. The summed E-state index contributed by atoms with van der Waals surface area (Å²) in [5, 5.41) is 14.1. The van der Waals surface area contributed by atoms with Crippen LogP contribution in [0.1, 0.15) is 66.2 Å². The number of amides is 2. The molecule has 0 aromatic heterocycles. The number of nitrogens with zero attached hydrogens (tertiary/aromatic N) is 1. The first kappa shape index (κ1) is 20.7. The van der Waals surface area contributed by atoms with Crippen molar-refractivity contribution in [2.45, 2.75) is 90.4 Å². The minimum Gasteiger partial charge on any atom is -0.465 e. The number of carbonyl (C=O) groups excluding carboxylic acids is 1. The fourth-order valence-electron chi connectivity index (χ4n) is 3.56. The lowest BCUT2D eigenvalue weighted by molar-refractivity contribution is -0.124. The van der Waals surface area contributed by atoms with Crippen molar-refractivity contribution in [1.82, 2.24) is 15.5 Å². The van der Waals surface area contributed by atoms with Gasteiger partial charge in [0.15, 0.2) is 0 Å². The van der Waals surface area contributed by atoms with Gasteiger partial charge in [0.25, 0.3) is 0 Å². The highest BCUT2D eigenvalue weighted by molar-refractivity contribution is 5.85. The normalized spacial score (nSPS) is 25.5. The molecule has 3 N–H and O–H groups in total. The van der Waals surface area contributed by atoms with Crippen LogP contribution in [0.2, 0.25) is 0 Å². The number of unbranched alkanes of at least 4 members (excludes halogenated alkanes) is 1. The SMILES string of the molecule is CCCC[C@H]1C[C@H](N(C)C(C)C)CC[C@@H]1NC(=O)[C@@H](C)NC(=O)O. The van der Waals surface area contributed by atoms with Gasteiger partial charge >= 0.3 is 6.09 Å². The molecule has 0 heterocycles. The van der Waals surface area contributed by atoms with Crippen LogP contribution in [0.5, 0.6) is 0 Å². The van der Waals surface area contributed by atoms with Crippen molar-refractivity contribution < 1.29 is 14.7 Å². The lowest BCUT2D eigenvalue weighted by Gasteiger charge is -2.42. The Morgan fingerprint density at radius 1 is 1.25 bits per heavy atom. The maximum absolute atomic E-state index is 12.2. The first-order chi connectivity index (χ1) is 11.3. The highest BCUT2D eigenvalue weighted by Crippen LogP contribution is 2.32. The van der Waals surface area contributed by atoms with Crippen LogP contribution in [-0.2, 0) is 4.79 Å². The predicted molar refractivity (Wildman–Crippen MR) is 96.1 cm³/mol. The van der Waals surface area contributed by atoms with Gasteiger partial charge in [0.2, 0.25) is 5.91 Å². The summed E-state index contributed by atoms with van der Waals surface area (Å²) >= 11 is 0. The van der Waals surface area contributed by atoms with E-state index in [0.29, 0.717) is 18.0 Å². The zero-order valence-electron chi connectivity index (χ0n) is 15.8. The highest BCUT2D eigenvalue weighted by atomic mass is 16.4. The molecule has 0 aromatic carbocycles. The summed E-state index contributed by atoms with van der Waals surface area (Å²) in [6, 6.07) is 0.520. The Kier molecular flexibility index (Phi) is 8.53. The Morgan fingerprint density at radius 2 is 1.92 bits per heavy atom. The van der Waals surface area contributed by atoms with Crippen molar-refractivity contribution in [3.05, 3.63) is 0 Å². The first-order valence-corrected chi connectivity index (χ1v) is 9.28. The quantitative estimate of drug-likeness (QED) is 0.634. The summed E-state index contributed by atoms with van der Waals surface area (Å²) in [6.45, 7) is 8.21. The predicted octanol–water partition coefficient (Wildman–Crippen LogP) is 2.83. The van der Waals surface area contributed by atoms with Gasteiger partial charge in [-0.25, -0.2) is 4.79 Å². The van der Waals surface area contributed by atoms with Crippen LogP contribution in [0, 0.1) is 5.92 Å². The van der Waals surface area contributed by atoms with Crippen molar-refractivity contribution in [1.29, 1.82) is 0 Å². The first-order valence-electron chi connectivity index (χ1n) is 9.28. The van der Waals surface area contributed by atoms with Gasteiger partial charge < -0.3 is 20.6 Å². The molecule has 0 radical (unpaired) electrons. The van der Waals surface area contributed by atoms with E-state index in [9.17, 15) is 9.59 Å². The van der Waals surface area contributed by atoms with Gasteiger partial charge in [-0.1, -0.05) is 19.8 Å². The molecule has 6 nitrogen and oxygen atoms in total. The van der Waals surface area contributed by atoms with Crippen molar-refractivity contribution in [2.75, 3.05) is 7.05 Å². The van der Waals surface area contributed by atoms with Crippen LogP contribution in [0.3, 0.4) is 0 Å². The van der Waals surface area contributed by atoms with Crippen LogP contribution in [0.25, 0.3) is 0 Å². The summed E-state index contributed by atoms with van der Waals surface area (Å²) in [5.74, 6) is 0.241. The lowest BCUT2D eigenvalue weighted by Crippen LogP contribution is -2.53. The molecule has 1 saturated carbocycles. The molecule has 24 heavy (non-hydrogen) atoms. The number of nitrogens with one attached hydrogen (secondary N) is 2. The van der Waals surface area contributed by atoms with Crippen LogP contribution >= 0.6 is 0 Å². The number of hydrogen-bond donors (Lipinski definition) is 3. The average Bonchev–Trinajstić information content (AvgIpc) is 2.52. The molecule has 0 spiro atoms. The molecule has 0 unspecified atom stereocenters. The van der Waals surface area contributed by atoms with Crippen molar-refractivity contribution in [2.24, 2.45) is 5.92 Å². The third-order valence-corrected chi connectivity index (χ3v) is 5.33. The number of carbonyl (C=O) groups is 2. The summed E-state index contributed by atoms with van der Waals surface area (Å²) < 4.78 is 0. The van der Waals surface area contributed by atoms with Crippen molar-refractivity contribution in [3.63, 3.8) is 0 Å². The van der Waals surface area contributed by atoms with E-state index in [-0.39, 0.29) is 11.9 Å². The Labute approximate surface area is 146 Å². The standard InChI is InChI=1S/C18H35N3O3/c1-6-7-8-14-11-15(21(5)12(2)3)9-10-16(14)20-17(22)13(4)19-18(23)24/h12-16,19H,6-11H2,1-5H3,(H,20,22)(H,23,24)/t13-,14+,15-,16+/m1/s1. The molecule has 0 bridgehead atoms. The van der Waals surface area contributed by atoms with E-state index >= 15 is 0 Å². The Balaban J connectivity index is 2.67. The second kappa shape index (κ2) is 9.87. The third-order valence-electron chi connectivity index (χ3n) is 5.33. The van der Waals surface area contributed by atoms with E-state index in [0.717, 1.165) is 38.5 Å². The molecular weight excluding hydrogens is 306 g/mol. The second-order valence-corrected chi connectivity index (χ2v) is 7.41. The fourth-order valence-corrected chi connectivity index (χ4v) is 3.56. The summed E-state index contributed by atoms with van der Waals surface area (Å²) in [5.41, 5.74) is 0. The Morgan fingerprint density at radius 3 is 2.46 bits per heavy atom. The summed E-state index contributed by atoms with van der Waals surface area (Å²) in [4.78, 5) is 25.4. The van der Waals surface area contributed by atoms with Gasteiger partial charge in [-0.2, -0.15) is 0 Å². The van der Waals surface area contributed by atoms with Gasteiger partial charge in [-0.15, -0.1) is 0 Å². The topological polar surface area (TPSA) is 81.7 Å². The van der Waals surface area contributed by atoms with E-state index in [1.54, 1.807) is 6.92 Å². The lowest BCUT2D eigenvalue weighted by atomic mass is 9.78. The van der Waals surface area contributed by atoms with Gasteiger partial charge in [-0.3, -0.25) is 4.79 Å². The molecule has 1 aliphatic carbocycles. The zero-order valence-corrected chi connectivity index (χ0v) is 15.8. The molecule has 1 rings (SSSR count). The molecule has 4 atom stereocenters. The Hall–Kier alpha value is -1.30. The van der Waals surface area contributed by atoms with Crippen molar-refractivity contribution >= 4 is 12.0 Å². The van der Waals surface area contributed by atoms with Gasteiger partial charge in [0.1, 0.15) is 6.04 Å². The van der Waals surface area contributed by atoms with Gasteiger partial charge in [0, 0.05) is 18.1 Å². The third kappa shape index (κ3) is 6.30. The smallest absolute Gasteiger partial charge is 0.405 e. The summed E-state index contributed by atoms with van der Waals surface area (Å²) in [6.07, 6.45) is 5.40. The molecule has 2 amide bonds. The molecule has 6 heteroatoms. The van der Waals surface area contributed by atoms with Crippen LogP contribution in [-0.4, -0.2) is 53.2 Å². The fraction of sp³-hybridized carbons (Fsp3) is 0.889. The molecule has 140 valence electrons. The minimum absolute atomic E-state index is 0.152. The summed E-state index contributed by atoms with van der Waals surface area (Å²) in [7, 11) is 2.18. The zero-order chi connectivity index (χ0) is 18.3. The monoisotopic (exact) mass is 341 g/mol. The van der Waals surface area contributed by atoms with E-state index in [1.165, 1.54) is 0 Å². The molecular formula is C18H35N3O3. The molecule has 0 aliphatic heterocycles. The Bertz CT molecular complexity index is 414. The number of carboxylic acid groups (broad SMARTS) is 1. The van der Waals surface area contributed by atoms with Crippen molar-refractivity contribution in [3.8, 4) is 0 Å². The van der Waals surface area contributed by atoms with E-state index < -0.39 is 12.1 Å². The number of rotatable bonds is 8. The maximum atomic E-state index is 12.2.